The van der Waals surface area contributed by atoms with Gasteiger partial charge in [-0.1, -0.05) is 18.2 Å². The average molecular weight is 509 g/mol. The van der Waals surface area contributed by atoms with Crippen LogP contribution in [0.2, 0.25) is 0 Å². The summed E-state index contributed by atoms with van der Waals surface area (Å²) in [5.74, 6) is -4.34. The largest absolute Gasteiger partial charge is 0.467 e. The molecule has 0 N–H and O–H groups in total. The second-order valence-corrected chi connectivity index (χ2v) is 9.28. The number of rotatable bonds is 4. The van der Waals surface area contributed by atoms with Crippen LogP contribution in [0.15, 0.2) is 42.5 Å². The van der Waals surface area contributed by atoms with Crippen LogP contribution in [0.5, 0.6) is 6.01 Å². The Hall–Kier alpha value is -4.15. The third-order valence-corrected chi connectivity index (χ3v) is 7.12. The van der Waals surface area contributed by atoms with Crippen LogP contribution in [0.3, 0.4) is 0 Å². The fraction of sp³-hybridized carbons (Fsp3) is 0.308. The molecule has 2 aliphatic heterocycles. The summed E-state index contributed by atoms with van der Waals surface area (Å²) in [4.78, 5) is 19.9. The van der Waals surface area contributed by atoms with Gasteiger partial charge in [-0.2, -0.15) is 14.8 Å². The highest BCUT2D eigenvalue weighted by molar-refractivity contribution is 5.91. The average Bonchev–Trinajstić information content (AvgIpc) is 3.48. The van der Waals surface area contributed by atoms with Crippen molar-refractivity contribution in [1.29, 1.82) is 0 Å². The number of aromatic nitrogens is 5. The standard InChI is InChI=1S/C26H23F3N6O2/c1-33-23(14-11-18(27)21(29)19(28)12-14)17-13-16-9-6-10-20(22(17)31-33)34(16)25(36)24-30-26(37-2)35(32-24)15-7-4-3-5-8-15/h3-5,7-8,11-12,16,20H,6,9-10,13H2,1-2H3/t16-,20-/m1/s1. The zero-order valence-electron chi connectivity index (χ0n) is 20.2. The van der Waals surface area contributed by atoms with E-state index >= 15 is 0 Å². The second kappa shape index (κ2) is 8.75. The number of para-hydroxylation sites is 1. The Balaban J connectivity index is 1.40. The first-order valence-corrected chi connectivity index (χ1v) is 12.0. The number of halogens is 3. The topological polar surface area (TPSA) is 78.1 Å². The Morgan fingerprint density at radius 3 is 2.49 bits per heavy atom. The molecule has 0 radical (unpaired) electrons. The highest BCUT2D eigenvalue weighted by Gasteiger charge is 2.44. The van der Waals surface area contributed by atoms with Crippen molar-refractivity contribution in [2.75, 3.05) is 7.11 Å². The predicted octanol–water partition coefficient (Wildman–Crippen LogP) is 4.39. The monoisotopic (exact) mass is 508 g/mol. The number of hydrogen-bond acceptors (Lipinski definition) is 5. The van der Waals surface area contributed by atoms with Gasteiger partial charge in [-0.15, -0.1) is 5.10 Å². The minimum atomic E-state index is -1.51. The summed E-state index contributed by atoms with van der Waals surface area (Å²) in [5.41, 5.74) is 2.91. The minimum absolute atomic E-state index is 0.0138. The first kappa shape index (κ1) is 23.3. The van der Waals surface area contributed by atoms with Crippen molar-refractivity contribution in [2.45, 2.75) is 37.8 Å². The van der Waals surface area contributed by atoms with Gasteiger partial charge in [0.05, 0.1) is 30.2 Å². The molecule has 4 aromatic rings. The molecule has 4 heterocycles. The zero-order chi connectivity index (χ0) is 25.8. The quantitative estimate of drug-likeness (QED) is 0.382. The van der Waals surface area contributed by atoms with Crippen LogP contribution in [0.25, 0.3) is 16.9 Å². The van der Waals surface area contributed by atoms with Gasteiger partial charge < -0.3 is 9.64 Å². The van der Waals surface area contributed by atoms with Crippen LogP contribution in [0.4, 0.5) is 13.2 Å². The number of methoxy groups -OCH3 is 1. The first-order valence-electron chi connectivity index (χ1n) is 12.0. The van der Waals surface area contributed by atoms with Gasteiger partial charge in [0.1, 0.15) is 0 Å². The molecular weight excluding hydrogens is 485 g/mol. The van der Waals surface area contributed by atoms with E-state index in [-0.39, 0.29) is 35.4 Å². The van der Waals surface area contributed by atoms with Crippen molar-refractivity contribution in [3.8, 4) is 23.0 Å². The molecular formula is C26H23F3N6O2. The molecule has 0 aliphatic carbocycles. The lowest BCUT2D eigenvalue weighted by atomic mass is 9.81. The summed E-state index contributed by atoms with van der Waals surface area (Å²) in [6.07, 6.45) is 2.77. The van der Waals surface area contributed by atoms with Gasteiger partial charge >= 0.3 is 6.01 Å². The highest BCUT2D eigenvalue weighted by Crippen LogP contribution is 2.45. The first-order chi connectivity index (χ1) is 17.9. The van der Waals surface area contributed by atoms with Gasteiger partial charge in [-0.3, -0.25) is 9.48 Å². The number of carbonyl (C=O) groups excluding carboxylic acids is 1. The number of amides is 1. The number of benzene rings is 2. The minimum Gasteiger partial charge on any atom is -0.467 e. The molecule has 1 fully saturated rings. The van der Waals surface area contributed by atoms with Gasteiger partial charge in [-0.25, -0.2) is 13.2 Å². The summed E-state index contributed by atoms with van der Waals surface area (Å²) in [6.45, 7) is 0. The molecule has 2 bridgehead atoms. The number of fused-ring (bicyclic) bond motifs is 4. The summed E-state index contributed by atoms with van der Waals surface area (Å²) in [6, 6.07) is 10.9. The van der Waals surface area contributed by atoms with Crippen molar-refractivity contribution in [1.82, 2.24) is 29.4 Å². The number of ether oxygens (including phenoxy) is 1. The van der Waals surface area contributed by atoms with E-state index in [4.69, 9.17) is 4.74 Å². The van der Waals surface area contributed by atoms with Crippen molar-refractivity contribution >= 4 is 5.91 Å². The van der Waals surface area contributed by atoms with E-state index in [1.807, 2.05) is 30.3 Å². The SMILES string of the molecule is COc1nc(C(=O)N2[C@@H]3CCC[C@@H]2c2nn(C)c(-c4cc(F)c(F)c(F)c4)c2C3)nn1-c1ccccc1. The van der Waals surface area contributed by atoms with Crippen LogP contribution in [0.1, 0.15) is 47.2 Å². The summed E-state index contributed by atoms with van der Waals surface area (Å²) in [7, 11) is 3.15. The Bertz CT molecular complexity index is 1490. The Morgan fingerprint density at radius 2 is 1.78 bits per heavy atom. The molecule has 0 saturated carbocycles. The third-order valence-electron chi connectivity index (χ3n) is 7.12. The molecule has 0 spiro atoms. The van der Waals surface area contributed by atoms with E-state index in [2.05, 4.69) is 15.2 Å². The normalized spacial score (nSPS) is 18.6. The molecule has 2 aromatic heterocycles. The number of nitrogens with zero attached hydrogens (tertiary/aromatic N) is 6. The fourth-order valence-corrected chi connectivity index (χ4v) is 5.58. The molecule has 37 heavy (non-hydrogen) atoms. The molecule has 1 amide bonds. The van der Waals surface area contributed by atoms with Gasteiger partial charge in [0, 0.05) is 24.2 Å². The maximum atomic E-state index is 14.0. The van der Waals surface area contributed by atoms with E-state index < -0.39 is 17.5 Å². The van der Waals surface area contributed by atoms with Gasteiger partial charge in [0.25, 0.3) is 5.91 Å². The number of carbonyl (C=O) groups is 1. The van der Waals surface area contributed by atoms with E-state index in [0.29, 0.717) is 29.9 Å². The third kappa shape index (κ3) is 3.68. The molecule has 2 aromatic carbocycles. The zero-order valence-corrected chi connectivity index (χ0v) is 20.2. The maximum absolute atomic E-state index is 14.0. The van der Waals surface area contributed by atoms with E-state index in [9.17, 15) is 18.0 Å². The summed E-state index contributed by atoms with van der Waals surface area (Å²) >= 11 is 0. The molecule has 8 nitrogen and oxygen atoms in total. The Kier molecular flexibility index (Phi) is 5.50. The van der Waals surface area contributed by atoms with Crippen LogP contribution in [0, 0.1) is 17.5 Å². The van der Waals surface area contributed by atoms with E-state index in [1.54, 1.807) is 16.6 Å². The maximum Gasteiger partial charge on any atom is 0.320 e. The van der Waals surface area contributed by atoms with Crippen LogP contribution >= 0.6 is 0 Å². The molecule has 0 unspecified atom stereocenters. The molecule has 190 valence electrons. The van der Waals surface area contributed by atoms with Crippen molar-refractivity contribution < 1.29 is 22.7 Å². The lowest BCUT2D eigenvalue weighted by Crippen LogP contribution is -2.50. The molecule has 6 rings (SSSR count). The number of piperidine rings is 1. The lowest BCUT2D eigenvalue weighted by molar-refractivity contribution is 0.0379. The Labute approximate surface area is 210 Å². The molecule has 11 heteroatoms. The Morgan fingerprint density at radius 1 is 1.05 bits per heavy atom. The molecule has 2 atom stereocenters. The lowest BCUT2D eigenvalue weighted by Gasteiger charge is -2.44. The van der Waals surface area contributed by atoms with E-state index in [1.165, 1.54) is 11.8 Å². The summed E-state index contributed by atoms with van der Waals surface area (Å²) < 4.78 is 50.1. The van der Waals surface area contributed by atoms with Crippen molar-refractivity contribution in [3.05, 3.63) is 77.0 Å². The number of hydrogen-bond donors (Lipinski definition) is 0. The predicted molar refractivity (Wildman–Crippen MR) is 127 cm³/mol. The van der Waals surface area contributed by atoms with Gasteiger partial charge in [0.2, 0.25) is 5.82 Å². The van der Waals surface area contributed by atoms with Gasteiger partial charge in [-0.05, 0) is 49.9 Å². The van der Waals surface area contributed by atoms with Crippen LogP contribution < -0.4 is 4.74 Å². The van der Waals surface area contributed by atoms with Crippen molar-refractivity contribution in [2.24, 2.45) is 7.05 Å². The smallest absolute Gasteiger partial charge is 0.320 e. The van der Waals surface area contributed by atoms with Gasteiger partial charge in [0.15, 0.2) is 17.5 Å². The van der Waals surface area contributed by atoms with Crippen molar-refractivity contribution in [3.63, 3.8) is 0 Å². The number of aryl methyl sites for hydroxylation is 1. The van der Waals surface area contributed by atoms with E-state index in [0.717, 1.165) is 30.5 Å². The highest BCUT2D eigenvalue weighted by atomic mass is 19.2. The van der Waals surface area contributed by atoms with Crippen LogP contribution in [-0.2, 0) is 13.5 Å². The van der Waals surface area contributed by atoms with Crippen LogP contribution in [-0.4, -0.2) is 48.5 Å². The molecule has 2 aliphatic rings. The molecule has 1 saturated heterocycles. The summed E-state index contributed by atoms with van der Waals surface area (Å²) in [5, 5.41) is 9.11. The fourth-order valence-electron chi connectivity index (χ4n) is 5.58. The second-order valence-electron chi connectivity index (χ2n) is 9.28.